The molecule has 0 bridgehead atoms. The van der Waals surface area contributed by atoms with Crippen molar-refractivity contribution in [2.45, 2.75) is 33.0 Å². The monoisotopic (exact) mass is 310 g/mol. The van der Waals surface area contributed by atoms with E-state index < -0.39 is 0 Å². The van der Waals surface area contributed by atoms with E-state index in [1.165, 1.54) is 6.33 Å². The number of hydrogen-bond acceptors (Lipinski definition) is 5. The molecule has 0 aliphatic rings. The van der Waals surface area contributed by atoms with Crippen LogP contribution in [0.5, 0.6) is 11.5 Å². The minimum absolute atomic E-state index is 0.215. The molecule has 0 unspecified atom stereocenters. The van der Waals surface area contributed by atoms with Gasteiger partial charge >= 0.3 is 0 Å². The van der Waals surface area contributed by atoms with Crippen LogP contribution in [0.3, 0.4) is 0 Å². The number of hydrogen-bond donors (Lipinski definition) is 1. The fraction of sp³-hybridized carbons (Fsp3) is 0.429. The lowest BCUT2D eigenvalue weighted by Crippen LogP contribution is -2.12. The molecule has 1 aromatic heterocycles. The van der Waals surface area contributed by atoms with Crippen molar-refractivity contribution in [2.24, 2.45) is 5.73 Å². The fourth-order valence-electron chi connectivity index (χ4n) is 2.04. The van der Waals surface area contributed by atoms with E-state index in [-0.39, 0.29) is 12.6 Å². The molecular weight excluding hydrogens is 292 g/mol. The summed E-state index contributed by atoms with van der Waals surface area (Å²) in [6.07, 6.45) is 1.52. The van der Waals surface area contributed by atoms with Gasteiger partial charge in [-0.1, -0.05) is 11.6 Å². The standard InChI is InChI=1S/C14H19ClN4O2/c1-9(2)19-13(17-8-18-19)7-21-14-10(6-16)4-11(15)5-12(14)20-3/h4-5,8-9H,6-7,16H2,1-3H3. The van der Waals surface area contributed by atoms with Crippen molar-refractivity contribution < 1.29 is 9.47 Å². The molecule has 0 fully saturated rings. The van der Waals surface area contributed by atoms with Gasteiger partial charge in [0.2, 0.25) is 0 Å². The highest BCUT2D eigenvalue weighted by Crippen LogP contribution is 2.35. The van der Waals surface area contributed by atoms with E-state index in [2.05, 4.69) is 10.1 Å². The number of methoxy groups -OCH3 is 1. The summed E-state index contributed by atoms with van der Waals surface area (Å²) < 4.78 is 13.0. The van der Waals surface area contributed by atoms with Gasteiger partial charge in [0.05, 0.1) is 7.11 Å². The minimum Gasteiger partial charge on any atom is -0.493 e. The molecule has 1 heterocycles. The van der Waals surface area contributed by atoms with Gasteiger partial charge in [0.15, 0.2) is 17.3 Å². The normalized spacial score (nSPS) is 11.0. The number of ether oxygens (including phenoxy) is 2. The van der Waals surface area contributed by atoms with Crippen molar-refractivity contribution >= 4 is 11.6 Å². The number of benzene rings is 1. The zero-order chi connectivity index (χ0) is 15.4. The average molecular weight is 311 g/mol. The molecule has 2 rings (SSSR count). The third-order valence-electron chi connectivity index (χ3n) is 3.02. The molecule has 1 aromatic carbocycles. The molecule has 114 valence electrons. The summed E-state index contributed by atoms with van der Waals surface area (Å²) in [4.78, 5) is 4.21. The largest absolute Gasteiger partial charge is 0.493 e. The molecule has 0 saturated carbocycles. The van der Waals surface area contributed by atoms with E-state index >= 15 is 0 Å². The maximum atomic E-state index is 6.03. The van der Waals surface area contributed by atoms with Crippen LogP contribution in [-0.4, -0.2) is 21.9 Å². The van der Waals surface area contributed by atoms with E-state index in [0.717, 1.165) is 11.4 Å². The third-order valence-corrected chi connectivity index (χ3v) is 3.24. The van der Waals surface area contributed by atoms with Gasteiger partial charge in [-0.05, 0) is 19.9 Å². The maximum Gasteiger partial charge on any atom is 0.166 e. The third kappa shape index (κ3) is 3.46. The topological polar surface area (TPSA) is 75.2 Å². The molecule has 0 saturated heterocycles. The molecular formula is C14H19ClN4O2. The number of halogens is 1. The van der Waals surface area contributed by atoms with Crippen molar-refractivity contribution in [1.82, 2.24) is 14.8 Å². The second-order valence-corrected chi connectivity index (χ2v) is 5.24. The van der Waals surface area contributed by atoms with E-state index in [0.29, 0.717) is 23.1 Å². The zero-order valence-electron chi connectivity index (χ0n) is 12.3. The van der Waals surface area contributed by atoms with Gasteiger partial charge in [0, 0.05) is 29.2 Å². The molecule has 21 heavy (non-hydrogen) atoms. The molecule has 7 heteroatoms. The Hall–Kier alpha value is -1.79. The molecule has 0 amide bonds. The second-order valence-electron chi connectivity index (χ2n) is 4.80. The molecule has 0 aliphatic carbocycles. The number of aromatic nitrogens is 3. The molecule has 6 nitrogen and oxygen atoms in total. The summed E-state index contributed by atoms with van der Waals surface area (Å²) in [6.45, 7) is 4.66. The maximum absolute atomic E-state index is 6.03. The first kappa shape index (κ1) is 15.6. The van der Waals surface area contributed by atoms with Gasteiger partial charge in [0.1, 0.15) is 12.9 Å². The van der Waals surface area contributed by atoms with Crippen molar-refractivity contribution in [3.05, 3.63) is 34.9 Å². The summed E-state index contributed by atoms with van der Waals surface area (Å²) in [5.74, 6) is 1.88. The van der Waals surface area contributed by atoms with E-state index in [4.69, 9.17) is 26.8 Å². The van der Waals surface area contributed by atoms with Crippen LogP contribution in [0.2, 0.25) is 5.02 Å². The molecule has 0 spiro atoms. The van der Waals surface area contributed by atoms with Gasteiger partial charge < -0.3 is 15.2 Å². The van der Waals surface area contributed by atoms with Crippen LogP contribution in [0.1, 0.15) is 31.3 Å². The first-order chi connectivity index (χ1) is 10.1. The average Bonchev–Trinajstić information content (AvgIpc) is 2.93. The van der Waals surface area contributed by atoms with Gasteiger partial charge in [-0.25, -0.2) is 9.67 Å². The minimum atomic E-state index is 0.215. The Bertz CT molecular complexity index is 588. The zero-order valence-corrected chi connectivity index (χ0v) is 13.1. The smallest absolute Gasteiger partial charge is 0.166 e. The lowest BCUT2D eigenvalue weighted by atomic mass is 10.2. The van der Waals surface area contributed by atoms with Gasteiger partial charge in [-0.15, -0.1) is 0 Å². The van der Waals surface area contributed by atoms with E-state index in [9.17, 15) is 0 Å². The van der Waals surface area contributed by atoms with Gasteiger partial charge in [-0.2, -0.15) is 5.10 Å². The van der Waals surface area contributed by atoms with Crippen molar-refractivity contribution in [1.29, 1.82) is 0 Å². The van der Waals surface area contributed by atoms with Crippen LogP contribution in [0, 0.1) is 0 Å². The number of rotatable bonds is 6. The van der Waals surface area contributed by atoms with Crippen LogP contribution < -0.4 is 15.2 Å². The SMILES string of the molecule is COc1cc(Cl)cc(CN)c1OCc1ncnn1C(C)C. The van der Waals surface area contributed by atoms with Crippen LogP contribution in [-0.2, 0) is 13.2 Å². The lowest BCUT2D eigenvalue weighted by molar-refractivity contribution is 0.263. The number of nitrogens with two attached hydrogens (primary N) is 1. The molecule has 0 aliphatic heterocycles. The summed E-state index contributed by atoms with van der Waals surface area (Å²) in [6, 6.07) is 3.68. The van der Waals surface area contributed by atoms with E-state index in [1.807, 2.05) is 18.5 Å². The highest BCUT2D eigenvalue weighted by Gasteiger charge is 2.14. The van der Waals surface area contributed by atoms with Crippen molar-refractivity contribution in [3.63, 3.8) is 0 Å². The summed E-state index contributed by atoms with van der Waals surface area (Å²) >= 11 is 6.03. The van der Waals surface area contributed by atoms with Crippen LogP contribution in [0.4, 0.5) is 0 Å². The lowest BCUT2D eigenvalue weighted by Gasteiger charge is -2.15. The Morgan fingerprint density at radius 3 is 2.76 bits per heavy atom. The molecule has 0 atom stereocenters. The Morgan fingerprint density at radius 2 is 2.14 bits per heavy atom. The Balaban J connectivity index is 2.25. The highest BCUT2D eigenvalue weighted by atomic mass is 35.5. The van der Waals surface area contributed by atoms with Gasteiger partial charge in [-0.3, -0.25) is 0 Å². The predicted molar refractivity (Wildman–Crippen MR) is 80.6 cm³/mol. The molecule has 2 N–H and O–H groups in total. The molecule has 2 aromatic rings. The predicted octanol–water partition coefficient (Wildman–Crippen LogP) is 2.56. The quantitative estimate of drug-likeness (QED) is 0.887. The Labute approximate surface area is 128 Å². The second kappa shape index (κ2) is 6.78. The highest BCUT2D eigenvalue weighted by molar-refractivity contribution is 6.30. The van der Waals surface area contributed by atoms with Crippen LogP contribution >= 0.6 is 11.6 Å². The summed E-state index contributed by atoms with van der Waals surface area (Å²) in [5.41, 5.74) is 6.53. The summed E-state index contributed by atoms with van der Waals surface area (Å²) in [5, 5.41) is 4.74. The van der Waals surface area contributed by atoms with E-state index in [1.54, 1.807) is 19.2 Å². The van der Waals surface area contributed by atoms with Crippen molar-refractivity contribution in [3.8, 4) is 11.5 Å². The summed E-state index contributed by atoms with van der Waals surface area (Å²) in [7, 11) is 1.56. The Kier molecular flexibility index (Phi) is 5.03. The van der Waals surface area contributed by atoms with Crippen LogP contribution in [0.15, 0.2) is 18.5 Å². The molecule has 0 radical (unpaired) electrons. The first-order valence-corrected chi connectivity index (χ1v) is 7.02. The van der Waals surface area contributed by atoms with Crippen molar-refractivity contribution in [2.75, 3.05) is 7.11 Å². The fourth-order valence-corrected chi connectivity index (χ4v) is 2.27. The first-order valence-electron chi connectivity index (χ1n) is 6.64. The Morgan fingerprint density at radius 1 is 1.38 bits per heavy atom. The number of nitrogens with zero attached hydrogens (tertiary/aromatic N) is 3. The van der Waals surface area contributed by atoms with Gasteiger partial charge in [0.25, 0.3) is 0 Å². The van der Waals surface area contributed by atoms with Crippen LogP contribution in [0.25, 0.3) is 0 Å².